The van der Waals surface area contributed by atoms with Crippen LogP contribution in [-0.2, 0) is 16.1 Å². The molecule has 0 aliphatic carbocycles. The molecule has 0 saturated carbocycles. The molecule has 0 radical (unpaired) electrons. The highest BCUT2D eigenvalue weighted by atomic mass is 16.5. The molecule has 0 saturated heterocycles. The summed E-state index contributed by atoms with van der Waals surface area (Å²) >= 11 is 0. The van der Waals surface area contributed by atoms with Crippen LogP contribution >= 0.6 is 0 Å². The number of methoxy groups -OCH3 is 1. The molecule has 2 rings (SSSR count). The molecule has 4 heteroatoms. The normalized spacial score (nSPS) is 10.5. The van der Waals surface area contributed by atoms with Crippen LogP contribution in [0.25, 0.3) is 6.08 Å². The smallest absolute Gasteiger partial charge is 0.330 e. The largest absolute Gasteiger partial charge is 0.508 e. The highest BCUT2D eigenvalue weighted by molar-refractivity contribution is 5.86. The van der Waals surface area contributed by atoms with Gasteiger partial charge in [-0.1, -0.05) is 30.3 Å². The van der Waals surface area contributed by atoms with Gasteiger partial charge in [-0.15, -0.1) is 0 Å². The van der Waals surface area contributed by atoms with Gasteiger partial charge in [-0.3, -0.25) is 0 Å². The number of carbonyl (C=O) groups excluding carboxylic acids is 1. The Morgan fingerprint density at radius 1 is 1.19 bits per heavy atom. The maximum Gasteiger partial charge on any atom is 0.330 e. The van der Waals surface area contributed by atoms with Gasteiger partial charge in [-0.25, -0.2) is 4.79 Å². The summed E-state index contributed by atoms with van der Waals surface area (Å²) in [6.07, 6.45) is 3.07. The van der Waals surface area contributed by atoms with Crippen LogP contribution in [0, 0.1) is 0 Å². The average molecular weight is 283 g/mol. The lowest BCUT2D eigenvalue weighted by atomic mass is 10.1. The maximum absolute atomic E-state index is 11.0. The summed E-state index contributed by atoms with van der Waals surface area (Å²) in [6.45, 7) is 0.546. The lowest BCUT2D eigenvalue weighted by molar-refractivity contribution is -0.134. The zero-order valence-electron chi connectivity index (χ0n) is 11.7. The molecule has 0 spiro atoms. The van der Waals surface area contributed by atoms with Crippen molar-refractivity contribution in [1.29, 1.82) is 0 Å². The van der Waals surface area contributed by atoms with E-state index in [2.05, 4.69) is 10.1 Å². The lowest BCUT2D eigenvalue weighted by Gasteiger charge is -2.08. The molecule has 0 unspecified atom stereocenters. The van der Waals surface area contributed by atoms with Crippen molar-refractivity contribution in [2.45, 2.75) is 6.54 Å². The van der Waals surface area contributed by atoms with E-state index in [-0.39, 0.29) is 11.7 Å². The van der Waals surface area contributed by atoms with E-state index in [1.54, 1.807) is 18.2 Å². The predicted octanol–water partition coefficient (Wildman–Crippen LogP) is 3.19. The third-order valence-electron chi connectivity index (χ3n) is 3.00. The first-order valence-electron chi connectivity index (χ1n) is 6.56. The van der Waals surface area contributed by atoms with Crippen LogP contribution in [0.5, 0.6) is 5.75 Å². The summed E-state index contributed by atoms with van der Waals surface area (Å²) in [5.74, 6) is -0.0978. The number of benzene rings is 2. The first kappa shape index (κ1) is 14.7. The van der Waals surface area contributed by atoms with E-state index < -0.39 is 0 Å². The van der Waals surface area contributed by atoms with Crippen LogP contribution in [-0.4, -0.2) is 18.2 Å². The molecule has 108 valence electrons. The molecule has 0 fully saturated rings. The van der Waals surface area contributed by atoms with Crippen LogP contribution in [0.1, 0.15) is 11.1 Å². The number of para-hydroxylation sites is 1. The number of anilines is 1. The average Bonchev–Trinajstić information content (AvgIpc) is 2.53. The summed E-state index contributed by atoms with van der Waals surface area (Å²) in [5.41, 5.74) is 2.69. The molecule has 0 aliphatic rings. The number of hydrogen-bond acceptors (Lipinski definition) is 4. The third kappa shape index (κ3) is 4.38. The predicted molar refractivity (Wildman–Crippen MR) is 82.9 cm³/mol. The SMILES string of the molecule is COC(=O)/C=C/c1ccc(NCc2ccccc2O)cc1. The van der Waals surface area contributed by atoms with Gasteiger partial charge in [0.25, 0.3) is 0 Å². The Kier molecular flexibility index (Phi) is 4.99. The summed E-state index contributed by atoms with van der Waals surface area (Å²) in [5, 5.41) is 12.9. The third-order valence-corrected chi connectivity index (χ3v) is 3.00. The number of phenolic OH excluding ortho intramolecular Hbond substituents is 1. The highest BCUT2D eigenvalue weighted by Gasteiger charge is 1.99. The Balaban J connectivity index is 1.95. The Labute approximate surface area is 123 Å². The summed E-state index contributed by atoms with van der Waals surface area (Å²) < 4.78 is 4.53. The second kappa shape index (κ2) is 7.14. The summed E-state index contributed by atoms with van der Waals surface area (Å²) in [6, 6.07) is 14.8. The Morgan fingerprint density at radius 2 is 1.90 bits per heavy atom. The molecular formula is C17H17NO3. The van der Waals surface area contributed by atoms with Gasteiger partial charge in [0.1, 0.15) is 5.75 Å². The second-order valence-corrected chi connectivity index (χ2v) is 4.46. The van der Waals surface area contributed by atoms with E-state index in [4.69, 9.17) is 0 Å². The number of ether oxygens (including phenoxy) is 1. The molecular weight excluding hydrogens is 266 g/mol. The Morgan fingerprint density at radius 3 is 2.57 bits per heavy atom. The highest BCUT2D eigenvalue weighted by Crippen LogP contribution is 2.18. The fraction of sp³-hybridized carbons (Fsp3) is 0.118. The van der Waals surface area contributed by atoms with Gasteiger partial charge in [0.2, 0.25) is 0 Å². The zero-order valence-corrected chi connectivity index (χ0v) is 11.7. The number of rotatable bonds is 5. The van der Waals surface area contributed by atoms with Crippen molar-refractivity contribution in [1.82, 2.24) is 0 Å². The van der Waals surface area contributed by atoms with Crippen molar-refractivity contribution in [2.24, 2.45) is 0 Å². The number of phenols is 1. The van der Waals surface area contributed by atoms with Crippen LogP contribution in [0.3, 0.4) is 0 Å². The maximum atomic E-state index is 11.0. The van der Waals surface area contributed by atoms with Crippen molar-refractivity contribution in [3.8, 4) is 5.75 Å². The van der Waals surface area contributed by atoms with Gasteiger partial charge in [-0.2, -0.15) is 0 Å². The number of hydrogen-bond donors (Lipinski definition) is 2. The van der Waals surface area contributed by atoms with E-state index in [1.807, 2.05) is 36.4 Å². The number of aromatic hydroxyl groups is 1. The zero-order chi connectivity index (χ0) is 15.1. The van der Waals surface area contributed by atoms with E-state index in [0.29, 0.717) is 6.54 Å². The summed E-state index contributed by atoms with van der Waals surface area (Å²) in [7, 11) is 1.35. The Hall–Kier alpha value is -2.75. The molecule has 21 heavy (non-hydrogen) atoms. The molecule has 0 amide bonds. The second-order valence-electron chi connectivity index (χ2n) is 4.46. The summed E-state index contributed by atoms with van der Waals surface area (Å²) in [4.78, 5) is 11.0. The molecule has 2 N–H and O–H groups in total. The minimum atomic E-state index is -0.378. The number of carbonyl (C=O) groups is 1. The Bertz CT molecular complexity index is 633. The van der Waals surface area contributed by atoms with E-state index >= 15 is 0 Å². The van der Waals surface area contributed by atoms with E-state index in [1.165, 1.54) is 13.2 Å². The lowest BCUT2D eigenvalue weighted by Crippen LogP contribution is -1.99. The fourth-order valence-corrected chi connectivity index (χ4v) is 1.80. The standard InChI is InChI=1S/C17H17NO3/c1-21-17(20)11-8-13-6-9-15(10-7-13)18-12-14-4-2-3-5-16(14)19/h2-11,18-19H,12H2,1H3/b11-8+. The fourth-order valence-electron chi connectivity index (χ4n) is 1.80. The van der Waals surface area contributed by atoms with Crippen LogP contribution in [0.15, 0.2) is 54.6 Å². The van der Waals surface area contributed by atoms with Gasteiger partial charge >= 0.3 is 5.97 Å². The number of nitrogens with one attached hydrogen (secondary N) is 1. The molecule has 4 nitrogen and oxygen atoms in total. The molecule has 0 heterocycles. The van der Waals surface area contributed by atoms with Crippen molar-refractivity contribution in [2.75, 3.05) is 12.4 Å². The molecule has 0 bridgehead atoms. The van der Waals surface area contributed by atoms with Crippen molar-refractivity contribution >= 4 is 17.7 Å². The monoisotopic (exact) mass is 283 g/mol. The molecule has 2 aromatic rings. The number of esters is 1. The van der Waals surface area contributed by atoms with Crippen LogP contribution in [0.2, 0.25) is 0 Å². The van der Waals surface area contributed by atoms with E-state index in [9.17, 15) is 9.90 Å². The van der Waals surface area contributed by atoms with E-state index in [0.717, 1.165) is 16.8 Å². The van der Waals surface area contributed by atoms with Gasteiger partial charge in [-0.05, 0) is 29.8 Å². The van der Waals surface area contributed by atoms with Gasteiger partial charge in [0, 0.05) is 23.9 Å². The first-order valence-corrected chi connectivity index (χ1v) is 6.56. The van der Waals surface area contributed by atoms with Gasteiger partial charge in [0.15, 0.2) is 0 Å². The minimum Gasteiger partial charge on any atom is -0.508 e. The van der Waals surface area contributed by atoms with Gasteiger partial charge < -0.3 is 15.2 Å². The molecule has 0 atom stereocenters. The van der Waals surface area contributed by atoms with Crippen molar-refractivity contribution in [3.63, 3.8) is 0 Å². The molecule has 2 aromatic carbocycles. The van der Waals surface area contributed by atoms with Crippen molar-refractivity contribution in [3.05, 3.63) is 65.7 Å². The van der Waals surface area contributed by atoms with Gasteiger partial charge in [0.05, 0.1) is 7.11 Å². The topological polar surface area (TPSA) is 58.6 Å². The van der Waals surface area contributed by atoms with Crippen LogP contribution in [0.4, 0.5) is 5.69 Å². The first-order chi connectivity index (χ1) is 10.2. The molecule has 0 aliphatic heterocycles. The van der Waals surface area contributed by atoms with Crippen molar-refractivity contribution < 1.29 is 14.6 Å². The molecule has 0 aromatic heterocycles. The van der Waals surface area contributed by atoms with Crippen LogP contribution < -0.4 is 5.32 Å². The quantitative estimate of drug-likeness (QED) is 0.653. The minimum absolute atomic E-state index is 0.280.